The molecule has 2 N–H and O–H groups in total. The topological polar surface area (TPSA) is 92.2 Å². The van der Waals surface area contributed by atoms with Gasteiger partial charge in [-0.1, -0.05) is 54.6 Å². The Morgan fingerprint density at radius 3 is 2.31 bits per heavy atom. The molecule has 29 heavy (non-hydrogen) atoms. The summed E-state index contributed by atoms with van der Waals surface area (Å²) in [5.74, 6) is -1.62. The van der Waals surface area contributed by atoms with E-state index in [1.165, 1.54) is 0 Å². The first-order valence-corrected chi connectivity index (χ1v) is 9.03. The van der Waals surface area contributed by atoms with Gasteiger partial charge < -0.3 is 10.4 Å². The number of pyridine rings is 2. The van der Waals surface area contributed by atoms with Crippen LogP contribution < -0.4 is 5.32 Å². The van der Waals surface area contributed by atoms with Gasteiger partial charge >= 0.3 is 5.97 Å². The minimum Gasteiger partial charge on any atom is -0.479 e. The van der Waals surface area contributed by atoms with Crippen LogP contribution in [-0.2, 0) is 4.79 Å². The zero-order valence-electron chi connectivity index (χ0n) is 15.3. The molecular weight excluding hydrogens is 366 g/mol. The first-order chi connectivity index (χ1) is 14.1. The summed E-state index contributed by atoms with van der Waals surface area (Å²) in [5, 5.41) is 12.9. The van der Waals surface area contributed by atoms with Crippen LogP contribution in [0.5, 0.6) is 0 Å². The maximum atomic E-state index is 13.1. The predicted octanol–water partition coefficient (Wildman–Crippen LogP) is 3.85. The van der Waals surface area contributed by atoms with Gasteiger partial charge in [-0.25, -0.2) is 9.78 Å². The molecule has 0 fully saturated rings. The van der Waals surface area contributed by atoms with Crippen molar-refractivity contribution >= 4 is 22.8 Å². The van der Waals surface area contributed by atoms with Gasteiger partial charge in [0.25, 0.3) is 5.91 Å². The Morgan fingerprint density at radius 1 is 0.862 bits per heavy atom. The van der Waals surface area contributed by atoms with Crippen molar-refractivity contribution in [2.75, 3.05) is 0 Å². The summed E-state index contributed by atoms with van der Waals surface area (Å²) in [6.45, 7) is 0. The number of nitrogens with zero attached hydrogens (tertiary/aromatic N) is 2. The second-order valence-corrected chi connectivity index (χ2v) is 6.44. The number of rotatable bonds is 5. The Hall–Kier alpha value is -4.06. The van der Waals surface area contributed by atoms with Gasteiger partial charge in [-0.05, 0) is 29.8 Å². The van der Waals surface area contributed by atoms with Crippen LogP contribution in [0, 0.1) is 0 Å². The summed E-state index contributed by atoms with van der Waals surface area (Å²) in [7, 11) is 0. The third-order valence-corrected chi connectivity index (χ3v) is 4.54. The summed E-state index contributed by atoms with van der Waals surface area (Å²) < 4.78 is 0. The van der Waals surface area contributed by atoms with Crippen LogP contribution in [-0.4, -0.2) is 27.0 Å². The first kappa shape index (κ1) is 18.3. The molecule has 0 saturated heterocycles. The van der Waals surface area contributed by atoms with Crippen LogP contribution in [0.25, 0.3) is 22.3 Å². The van der Waals surface area contributed by atoms with Crippen LogP contribution >= 0.6 is 0 Å². The second-order valence-electron chi connectivity index (χ2n) is 6.44. The highest BCUT2D eigenvalue weighted by Crippen LogP contribution is 2.24. The molecule has 1 amide bonds. The van der Waals surface area contributed by atoms with Crippen molar-refractivity contribution < 1.29 is 14.7 Å². The molecule has 2 aromatic carbocycles. The second kappa shape index (κ2) is 7.90. The summed E-state index contributed by atoms with van der Waals surface area (Å²) in [6, 6.07) is 21.8. The lowest BCUT2D eigenvalue weighted by Gasteiger charge is -2.16. The van der Waals surface area contributed by atoms with E-state index in [4.69, 9.17) is 0 Å². The lowest BCUT2D eigenvalue weighted by atomic mass is 10.0. The maximum Gasteiger partial charge on any atom is 0.330 e. The van der Waals surface area contributed by atoms with Crippen LogP contribution in [0.4, 0.5) is 0 Å². The van der Waals surface area contributed by atoms with Gasteiger partial charge in [0, 0.05) is 11.6 Å². The van der Waals surface area contributed by atoms with E-state index in [1.807, 2.05) is 30.3 Å². The Morgan fingerprint density at radius 2 is 1.59 bits per heavy atom. The zero-order valence-corrected chi connectivity index (χ0v) is 15.3. The number of aliphatic carboxylic acids is 1. The minimum absolute atomic E-state index is 0.346. The number of hydrogen-bond acceptors (Lipinski definition) is 4. The van der Waals surface area contributed by atoms with E-state index >= 15 is 0 Å². The predicted molar refractivity (Wildman–Crippen MR) is 109 cm³/mol. The summed E-state index contributed by atoms with van der Waals surface area (Å²) in [5.41, 5.74) is 2.65. The molecule has 0 spiro atoms. The number of nitrogens with one attached hydrogen (secondary N) is 1. The average Bonchev–Trinajstić information content (AvgIpc) is 2.77. The summed E-state index contributed by atoms with van der Waals surface area (Å²) >= 11 is 0. The Balaban J connectivity index is 1.78. The number of aromatic nitrogens is 2. The van der Waals surface area contributed by atoms with Crippen molar-refractivity contribution in [3.63, 3.8) is 0 Å². The maximum absolute atomic E-state index is 13.1. The standard InChI is InChI=1S/C23H17N3O3/c27-22(26-21(23(28)29)15-8-2-1-3-9-15)17-14-20(19-12-6-7-13-24-19)25-18-11-5-4-10-16(17)18/h1-14,21H,(H,26,27)(H,28,29). The first-order valence-electron chi connectivity index (χ1n) is 9.03. The number of carbonyl (C=O) groups is 2. The highest BCUT2D eigenvalue weighted by Gasteiger charge is 2.24. The van der Waals surface area contributed by atoms with Gasteiger partial charge in [0.15, 0.2) is 6.04 Å². The van der Waals surface area contributed by atoms with E-state index in [-0.39, 0.29) is 0 Å². The molecule has 4 rings (SSSR count). The molecule has 1 atom stereocenters. The van der Waals surface area contributed by atoms with Crippen LogP contribution in [0.15, 0.2) is 85.1 Å². The van der Waals surface area contributed by atoms with Crippen molar-refractivity contribution in [1.29, 1.82) is 0 Å². The normalized spacial score (nSPS) is 11.7. The molecule has 0 aliphatic heterocycles. The Labute approximate surface area is 166 Å². The third kappa shape index (κ3) is 3.82. The van der Waals surface area contributed by atoms with Crippen molar-refractivity contribution in [2.45, 2.75) is 6.04 Å². The molecule has 2 aromatic heterocycles. The molecule has 0 radical (unpaired) electrons. The molecule has 1 unspecified atom stereocenters. The smallest absolute Gasteiger partial charge is 0.330 e. The molecule has 6 heteroatoms. The van der Waals surface area contributed by atoms with E-state index in [0.717, 1.165) is 0 Å². The van der Waals surface area contributed by atoms with Gasteiger partial charge in [0.1, 0.15) is 0 Å². The van der Waals surface area contributed by atoms with E-state index in [2.05, 4.69) is 15.3 Å². The average molecular weight is 383 g/mol. The number of carboxylic acids is 1. The molecule has 4 aromatic rings. The molecule has 2 heterocycles. The van der Waals surface area contributed by atoms with E-state index in [0.29, 0.717) is 33.4 Å². The Bertz CT molecular complexity index is 1180. The van der Waals surface area contributed by atoms with Gasteiger partial charge in [0.05, 0.1) is 22.5 Å². The summed E-state index contributed by atoms with van der Waals surface area (Å²) in [4.78, 5) is 33.8. The fourth-order valence-electron chi connectivity index (χ4n) is 3.15. The molecule has 0 bridgehead atoms. The molecule has 0 saturated carbocycles. The Kier molecular flexibility index (Phi) is 4.99. The highest BCUT2D eigenvalue weighted by molar-refractivity contribution is 6.08. The zero-order chi connectivity index (χ0) is 20.2. The van der Waals surface area contributed by atoms with Crippen molar-refractivity contribution in [1.82, 2.24) is 15.3 Å². The van der Waals surface area contributed by atoms with Crippen molar-refractivity contribution in [3.8, 4) is 11.4 Å². The minimum atomic E-state index is -1.16. The highest BCUT2D eigenvalue weighted by atomic mass is 16.4. The van der Waals surface area contributed by atoms with Gasteiger partial charge in [0.2, 0.25) is 0 Å². The number of carbonyl (C=O) groups excluding carboxylic acids is 1. The summed E-state index contributed by atoms with van der Waals surface area (Å²) in [6.07, 6.45) is 1.65. The van der Waals surface area contributed by atoms with Gasteiger partial charge in [-0.3, -0.25) is 9.78 Å². The van der Waals surface area contributed by atoms with Gasteiger partial charge in [-0.2, -0.15) is 0 Å². The molecular formula is C23H17N3O3. The van der Waals surface area contributed by atoms with Crippen LogP contribution in [0.3, 0.4) is 0 Å². The van der Waals surface area contributed by atoms with E-state index < -0.39 is 17.9 Å². The number of carboxylic acid groups (broad SMARTS) is 1. The van der Waals surface area contributed by atoms with Gasteiger partial charge in [-0.15, -0.1) is 0 Å². The number of para-hydroxylation sites is 1. The fourth-order valence-corrected chi connectivity index (χ4v) is 3.15. The lowest BCUT2D eigenvalue weighted by Crippen LogP contribution is -2.33. The monoisotopic (exact) mass is 383 g/mol. The third-order valence-electron chi connectivity index (χ3n) is 4.54. The molecule has 6 nitrogen and oxygen atoms in total. The largest absolute Gasteiger partial charge is 0.479 e. The molecule has 0 aliphatic carbocycles. The lowest BCUT2D eigenvalue weighted by molar-refractivity contribution is -0.139. The number of hydrogen-bond donors (Lipinski definition) is 2. The van der Waals surface area contributed by atoms with Crippen molar-refractivity contribution in [3.05, 3.63) is 96.2 Å². The molecule has 0 aliphatic rings. The number of benzene rings is 2. The van der Waals surface area contributed by atoms with Crippen LogP contribution in [0.1, 0.15) is 22.0 Å². The number of fused-ring (bicyclic) bond motifs is 1. The number of amides is 1. The SMILES string of the molecule is O=C(NC(C(=O)O)c1ccccc1)c1cc(-c2ccccn2)nc2ccccc12. The van der Waals surface area contributed by atoms with Crippen molar-refractivity contribution in [2.24, 2.45) is 0 Å². The van der Waals surface area contributed by atoms with Crippen LogP contribution in [0.2, 0.25) is 0 Å². The van der Waals surface area contributed by atoms with E-state index in [9.17, 15) is 14.7 Å². The quantitative estimate of drug-likeness (QED) is 0.546. The van der Waals surface area contributed by atoms with E-state index in [1.54, 1.807) is 54.7 Å². The fraction of sp³-hybridized carbons (Fsp3) is 0.0435. The molecule has 142 valence electrons.